The van der Waals surface area contributed by atoms with Crippen molar-refractivity contribution in [2.45, 2.75) is 18.9 Å². The first-order valence-corrected chi connectivity index (χ1v) is 7.63. The summed E-state index contributed by atoms with van der Waals surface area (Å²) in [5, 5.41) is 12.2. The molecule has 1 aliphatic rings. The summed E-state index contributed by atoms with van der Waals surface area (Å²) >= 11 is 3.10. The molecule has 0 unspecified atom stereocenters. The highest BCUT2D eigenvalue weighted by molar-refractivity contribution is 9.10. The molecule has 120 valence electrons. The molecule has 0 aromatic heterocycles. The maximum Gasteiger partial charge on any atom is 0.132 e. The SMILES string of the molecule is Cl.OCCC[C@@H](c1c(F)cc(Br)cc1F)N1CCNCC1. The zero-order valence-electron chi connectivity index (χ0n) is 11.6. The van der Waals surface area contributed by atoms with E-state index in [0.717, 1.165) is 26.2 Å². The molecule has 1 aromatic rings. The zero-order chi connectivity index (χ0) is 14.5. The minimum Gasteiger partial charge on any atom is -0.396 e. The van der Waals surface area contributed by atoms with E-state index in [-0.39, 0.29) is 30.6 Å². The van der Waals surface area contributed by atoms with Crippen molar-refractivity contribution in [1.82, 2.24) is 10.2 Å². The van der Waals surface area contributed by atoms with Gasteiger partial charge in [-0.2, -0.15) is 0 Å². The molecule has 1 heterocycles. The lowest BCUT2D eigenvalue weighted by atomic mass is 9.98. The van der Waals surface area contributed by atoms with Crippen molar-refractivity contribution >= 4 is 28.3 Å². The minimum absolute atomic E-state index is 0. The predicted molar refractivity (Wildman–Crippen MR) is 84.8 cm³/mol. The second kappa shape index (κ2) is 9.00. The first-order chi connectivity index (χ1) is 9.63. The summed E-state index contributed by atoms with van der Waals surface area (Å²) in [6, 6.07) is 2.27. The van der Waals surface area contributed by atoms with Crippen molar-refractivity contribution in [3.05, 3.63) is 33.8 Å². The largest absolute Gasteiger partial charge is 0.396 e. The van der Waals surface area contributed by atoms with Gasteiger partial charge in [-0.05, 0) is 25.0 Å². The fourth-order valence-electron chi connectivity index (χ4n) is 2.66. The lowest BCUT2D eigenvalue weighted by molar-refractivity contribution is 0.148. The second-order valence-corrected chi connectivity index (χ2v) is 5.87. The number of nitrogens with zero attached hydrogens (tertiary/aromatic N) is 1. The Kier molecular flexibility index (Phi) is 8.05. The fourth-order valence-corrected chi connectivity index (χ4v) is 3.06. The van der Waals surface area contributed by atoms with E-state index in [0.29, 0.717) is 17.3 Å². The van der Waals surface area contributed by atoms with Crippen LogP contribution in [0.2, 0.25) is 0 Å². The van der Waals surface area contributed by atoms with Crippen LogP contribution in [0.15, 0.2) is 16.6 Å². The van der Waals surface area contributed by atoms with Gasteiger partial charge in [-0.1, -0.05) is 15.9 Å². The Bertz CT molecular complexity index is 436. The molecule has 1 saturated heterocycles. The number of halogens is 4. The summed E-state index contributed by atoms with van der Waals surface area (Å²) in [5.41, 5.74) is 0.114. The number of benzene rings is 1. The van der Waals surface area contributed by atoms with Crippen molar-refractivity contribution in [3.63, 3.8) is 0 Å². The Morgan fingerprint density at radius 2 is 1.81 bits per heavy atom. The molecule has 1 atom stereocenters. The van der Waals surface area contributed by atoms with Gasteiger partial charge in [-0.3, -0.25) is 4.90 Å². The molecule has 0 saturated carbocycles. The van der Waals surface area contributed by atoms with E-state index in [9.17, 15) is 8.78 Å². The molecule has 3 nitrogen and oxygen atoms in total. The van der Waals surface area contributed by atoms with Crippen LogP contribution in [-0.2, 0) is 0 Å². The van der Waals surface area contributed by atoms with E-state index in [1.165, 1.54) is 12.1 Å². The second-order valence-electron chi connectivity index (χ2n) is 4.95. The Balaban J connectivity index is 0.00000220. The number of hydrogen-bond acceptors (Lipinski definition) is 3. The normalized spacial score (nSPS) is 17.3. The van der Waals surface area contributed by atoms with Crippen LogP contribution in [0.4, 0.5) is 8.78 Å². The first-order valence-electron chi connectivity index (χ1n) is 6.83. The zero-order valence-corrected chi connectivity index (χ0v) is 14.0. The summed E-state index contributed by atoms with van der Waals surface area (Å²) in [6.45, 7) is 3.17. The van der Waals surface area contributed by atoms with Crippen molar-refractivity contribution in [3.8, 4) is 0 Å². The summed E-state index contributed by atoms with van der Waals surface area (Å²) in [4.78, 5) is 2.08. The first kappa shape index (κ1) is 18.8. The minimum atomic E-state index is -0.529. The van der Waals surface area contributed by atoms with Gasteiger partial charge in [-0.25, -0.2) is 8.78 Å². The van der Waals surface area contributed by atoms with E-state index in [1.807, 2.05) is 0 Å². The predicted octanol–water partition coefficient (Wildman–Crippen LogP) is 2.87. The maximum atomic E-state index is 14.2. The van der Waals surface area contributed by atoms with Crippen LogP contribution in [-0.4, -0.2) is 42.8 Å². The molecule has 1 aliphatic heterocycles. The third kappa shape index (κ3) is 4.86. The van der Waals surface area contributed by atoms with Crippen LogP contribution in [0, 0.1) is 11.6 Å². The molecule has 21 heavy (non-hydrogen) atoms. The summed E-state index contributed by atoms with van der Waals surface area (Å²) in [6.07, 6.45) is 1.08. The molecule has 2 N–H and O–H groups in total. The molecule has 1 aromatic carbocycles. The molecule has 0 bridgehead atoms. The average Bonchev–Trinajstić information content (AvgIpc) is 2.42. The number of piperazine rings is 1. The molecule has 2 rings (SSSR count). The van der Waals surface area contributed by atoms with Crippen LogP contribution in [0.1, 0.15) is 24.4 Å². The van der Waals surface area contributed by atoms with Crippen LogP contribution >= 0.6 is 28.3 Å². The Hall–Kier alpha value is -0.270. The number of hydrogen-bond donors (Lipinski definition) is 2. The third-order valence-electron chi connectivity index (χ3n) is 3.61. The monoisotopic (exact) mass is 384 g/mol. The van der Waals surface area contributed by atoms with Gasteiger partial charge in [0, 0.05) is 48.9 Å². The van der Waals surface area contributed by atoms with Crippen LogP contribution in [0.25, 0.3) is 0 Å². The van der Waals surface area contributed by atoms with E-state index in [4.69, 9.17) is 5.11 Å². The quantitative estimate of drug-likeness (QED) is 0.818. The highest BCUT2D eigenvalue weighted by atomic mass is 79.9. The summed E-state index contributed by atoms with van der Waals surface area (Å²) in [7, 11) is 0. The van der Waals surface area contributed by atoms with Crippen molar-refractivity contribution < 1.29 is 13.9 Å². The maximum absolute atomic E-state index is 14.2. The smallest absolute Gasteiger partial charge is 0.132 e. The van der Waals surface area contributed by atoms with Gasteiger partial charge >= 0.3 is 0 Å². The van der Waals surface area contributed by atoms with E-state index < -0.39 is 11.6 Å². The molecular formula is C14H20BrClF2N2O. The van der Waals surface area contributed by atoms with Crippen LogP contribution in [0.5, 0.6) is 0 Å². The molecular weight excluding hydrogens is 366 g/mol. The lowest BCUT2D eigenvalue weighted by Gasteiger charge is -2.35. The fraction of sp³-hybridized carbons (Fsp3) is 0.571. The molecule has 0 amide bonds. The molecule has 0 spiro atoms. The van der Waals surface area contributed by atoms with Crippen LogP contribution in [0.3, 0.4) is 0 Å². The molecule has 1 fully saturated rings. The third-order valence-corrected chi connectivity index (χ3v) is 4.06. The van der Waals surface area contributed by atoms with E-state index >= 15 is 0 Å². The van der Waals surface area contributed by atoms with Gasteiger partial charge < -0.3 is 10.4 Å². The average molecular weight is 386 g/mol. The standard InChI is InChI=1S/C14H19BrF2N2O.ClH/c15-10-8-11(16)14(12(17)9-10)13(2-1-7-20)19-5-3-18-4-6-19;/h8-9,13,18,20H,1-7H2;1H/t13-;/m0./s1. The van der Waals surface area contributed by atoms with Crippen LogP contribution < -0.4 is 5.32 Å². The Labute approximate surface area is 138 Å². The highest BCUT2D eigenvalue weighted by Crippen LogP contribution is 2.32. The van der Waals surface area contributed by atoms with Crippen molar-refractivity contribution in [1.29, 1.82) is 0 Å². The number of nitrogens with one attached hydrogen (secondary N) is 1. The molecule has 0 radical (unpaired) electrons. The van der Waals surface area contributed by atoms with E-state index in [2.05, 4.69) is 26.1 Å². The topological polar surface area (TPSA) is 35.5 Å². The van der Waals surface area contributed by atoms with Gasteiger partial charge in [0.05, 0.1) is 0 Å². The van der Waals surface area contributed by atoms with E-state index in [1.54, 1.807) is 0 Å². The Morgan fingerprint density at radius 1 is 1.24 bits per heavy atom. The Morgan fingerprint density at radius 3 is 2.33 bits per heavy atom. The van der Waals surface area contributed by atoms with Gasteiger partial charge in [0.2, 0.25) is 0 Å². The number of aliphatic hydroxyl groups is 1. The van der Waals surface area contributed by atoms with Crippen molar-refractivity contribution in [2.75, 3.05) is 32.8 Å². The number of rotatable bonds is 5. The van der Waals surface area contributed by atoms with Gasteiger partial charge in [0.15, 0.2) is 0 Å². The highest BCUT2D eigenvalue weighted by Gasteiger charge is 2.27. The number of aliphatic hydroxyl groups excluding tert-OH is 1. The molecule has 7 heteroatoms. The summed E-state index contributed by atoms with van der Waals surface area (Å²) in [5.74, 6) is -1.06. The lowest BCUT2D eigenvalue weighted by Crippen LogP contribution is -2.45. The van der Waals surface area contributed by atoms with Gasteiger partial charge in [-0.15, -0.1) is 12.4 Å². The van der Waals surface area contributed by atoms with Gasteiger partial charge in [0.25, 0.3) is 0 Å². The summed E-state index contributed by atoms with van der Waals surface area (Å²) < 4.78 is 28.7. The van der Waals surface area contributed by atoms with Crippen molar-refractivity contribution in [2.24, 2.45) is 0 Å². The molecule has 0 aliphatic carbocycles. The van der Waals surface area contributed by atoms with Gasteiger partial charge in [0.1, 0.15) is 11.6 Å².